The minimum atomic E-state index is -2.35. The number of hydrogen-bond acceptors (Lipinski definition) is 3. The summed E-state index contributed by atoms with van der Waals surface area (Å²) in [5, 5.41) is 0. The van der Waals surface area contributed by atoms with Gasteiger partial charge in [0, 0.05) is 24.9 Å². The van der Waals surface area contributed by atoms with Crippen LogP contribution in [0.2, 0.25) is 0 Å². The van der Waals surface area contributed by atoms with Crippen LogP contribution in [0.1, 0.15) is 0 Å². The molecule has 10 heavy (non-hydrogen) atoms. The average Bonchev–Trinajstić information content (AvgIpc) is 2.33. The van der Waals surface area contributed by atoms with E-state index in [1.165, 1.54) is 18.5 Å². The topological polar surface area (TPSA) is 26.3 Å². The lowest BCUT2D eigenvalue weighted by Gasteiger charge is -2.04. The first-order valence-corrected chi connectivity index (χ1v) is 6.36. The van der Waals surface area contributed by atoms with E-state index in [-0.39, 0.29) is 5.92 Å². The van der Waals surface area contributed by atoms with Crippen molar-refractivity contribution in [1.29, 1.82) is 0 Å². The molecular formula is C6H9O2PS. The van der Waals surface area contributed by atoms with Gasteiger partial charge >= 0.3 is 0 Å². The van der Waals surface area contributed by atoms with Crippen LogP contribution in [0.25, 0.3) is 0 Å². The fraction of sp³-hybridized carbons (Fsp3) is 0.667. The van der Waals surface area contributed by atoms with Crippen molar-refractivity contribution in [1.82, 2.24) is 0 Å². The van der Waals surface area contributed by atoms with E-state index in [0.717, 1.165) is 5.75 Å². The van der Waals surface area contributed by atoms with Gasteiger partial charge in [-0.2, -0.15) is 0 Å². The highest BCUT2D eigenvalue weighted by molar-refractivity contribution is 8.57. The second-order valence-corrected chi connectivity index (χ2v) is 7.12. The Labute approximate surface area is 64.9 Å². The quantitative estimate of drug-likeness (QED) is 0.450. The van der Waals surface area contributed by atoms with Crippen LogP contribution >= 0.6 is 18.0 Å². The molecule has 0 amide bonds. The lowest BCUT2D eigenvalue weighted by Crippen LogP contribution is -1.96. The first kappa shape index (κ1) is 8.20. The molecule has 0 saturated carbocycles. The van der Waals surface area contributed by atoms with Crippen molar-refractivity contribution in [2.45, 2.75) is 0 Å². The molecule has 0 radical (unpaired) electrons. The fourth-order valence-corrected chi connectivity index (χ4v) is 5.13. The number of hydrogen-bond donors (Lipinski definition) is 0. The molecule has 2 nitrogen and oxygen atoms in total. The third kappa shape index (κ3) is 1.58. The molecule has 2 atom stereocenters. The van der Waals surface area contributed by atoms with Gasteiger partial charge in [0.15, 0.2) is 0 Å². The molecule has 0 bridgehead atoms. The molecule has 0 spiro atoms. The number of terminal acetylenes is 1. The normalized spacial score (nSPS) is 39.4. The SMILES string of the molecule is C#CC1CSP(=O)(OC)C1. The number of rotatable bonds is 1. The molecule has 2 unspecified atom stereocenters. The first-order valence-electron chi connectivity index (χ1n) is 2.95. The second kappa shape index (κ2) is 3.00. The van der Waals surface area contributed by atoms with Gasteiger partial charge < -0.3 is 4.52 Å². The molecule has 1 rings (SSSR count). The third-order valence-electron chi connectivity index (χ3n) is 1.43. The van der Waals surface area contributed by atoms with Crippen LogP contribution in [0.3, 0.4) is 0 Å². The van der Waals surface area contributed by atoms with E-state index in [0.29, 0.717) is 6.16 Å². The van der Waals surface area contributed by atoms with E-state index in [1.54, 1.807) is 0 Å². The van der Waals surface area contributed by atoms with E-state index in [9.17, 15) is 4.57 Å². The first-order chi connectivity index (χ1) is 4.70. The van der Waals surface area contributed by atoms with Crippen LogP contribution in [-0.4, -0.2) is 19.0 Å². The van der Waals surface area contributed by atoms with Crippen molar-refractivity contribution in [2.24, 2.45) is 5.92 Å². The van der Waals surface area contributed by atoms with Gasteiger partial charge in [-0.3, -0.25) is 4.57 Å². The Hall–Kier alpha value is 0.1000. The Kier molecular flexibility index (Phi) is 2.46. The van der Waals surface area contributed by atoms with Gasteiger partial charge in [0.25, 0.3) is 6.57 Å². The smallest absolute Gasteiger partial charge is 0.258 e. The Morgan fingerprint density at radius 2 is 2.60 bits per heavy atom. The summed E-state index contributed by atoms with van der Waals surface area (Å²) >= 11 is 1.37. The molecule has 0 aromatic rings. The molecular weight excluding hydrogens is 167 g/mol. The minimum absolute atomic E-state index is 0.149. The molecule has 0 aliphatic carbocycles. The predicted octanol–water partition coefficient (Wildman–Crippen LogP) is 1.82. The summed E-state index contributed by atoms with van der Waals surface area (Å²) in [5.41, 5.74) is 0. The van der Waals surface area contributed by atoms with E-state index in [1.807, 2.05) is 0 Å². The summed E-state index contributed by atoms with van der Waals surface area (Å²) in [5.74, 6) is 3.51. The zero-order chi connectivity index (χ0) is 7.61. The van der Waals surface area contributed by atoms with Crippen molar-refractivity contribution in [3.05, 3.63) is 0 Å². The maximum Gasteiger partial charge on any atom is 0.258 e. The summed E-state index contributed by atoms with van der Waals surface area (Å²) < 4.78 is 16.3. The highest BCUT2D eigenvalue weighted by Gasteiger charge is 2.34. The summed E-state index contributed by atoms with van der Waals surface area (Å²) in [4.78, 5) is 0. The van der Waals surface area contributed by atoms with Crippen LogP contribution in [0.4, 0.5) is 0 Å². The molecule has 1 aliphatic rings. The van der Waals surface area contributed by atoms with Crippen molar-refractivity contribution in [3.8, 4) is 12.3 Å². The van der Waals surface area contributed by atoms with Gasteiger partial charge in [-0.15, -0.1) is 12.3 Å². The lowest BCUT2D eigenvalue weighted by atomic mass is 10.2. The van der Waals surface area contributed by atoms with Crippen molar-refractivity contribution in [2.75, 3.05) is 19.0 Å². The van der Waals surface area contributed by atoms with Crippen molar-refractivity contribution >= 4 is 18.0 Å². The molecule has 1 saturated heterocycles. The summed E-state index contributed by atoms with van der Waals surface area (Å²) in [6.07, 6.45) is 5.72. The van der Waals surface area contributed by atoms with Gasteiger partial charge in [0.2, 0.25) is 0 Å². The van der Waals surface area contributed by atoms with Gasteiger partial charge in [-0.1, -0.05) is 11.4 Å². The maximum absolute atomic E-state index is 11.4. The van der Waals surface area contributed by atoms with Crippen LogP contribution < -0.4 is 0 Å². The highest BCUT2D eigenvalue weighted by Crippen LogP contribution is 2.65. The molecule has 1 heterocycles. The van der Waals surface area contributed by atoms with Crippen molar-refractivity contribution in [3.63, 3.8) is 0 Å². The highest BCUT2D eigenvalue weighted by atomic mass is 32.7. The van der Waals surface area contributed by atoms with Gasteiger partial charge in [0.1, 0.15) is 0 Å². The molecule has 1 fully saturated rings. The monoisotopic (exact) mass is 176 g/mol. The zero-order valence-corrected chi connectivity index (χ0v) is 7.45. The molecule has 0 N–H and O–H groups in total. The van der Waals surface area contributed by atoms with Crippen LogP contribution in [-0.2, 0) is 9.09 Å². The third-order valence-corrected chi connectivity index (χ3v) is 6.34. The van der Waals surface area contributed by atoms with Crippen LogP contribution in [0, 0.1) is 18.3 Å². The molecule has 56 valence electrons. The largest absolute Gasteiger partial charge is 0.324 e. The van der Waals surface area contributed by atoms with Gasteiger partial charge in [-0.25, -0.2) is 0 Å². The Morgan fingerprint density at radius 3 is 2.90 bits per heavy atom. The molecule has 0 aromatic heterocycles. The summed E-state index contributed by atoms with van der Waals surface area (Å²) in [6, 6.07) is 0. The second-order valence-electron chi connectivity index (χ2n) is 2.14. The van der Waals surface area contributed by atoms with E-state index in [4.69, 9.17) is 10.9 Å². The fourth-order valence-electron chi connectivity index (χ4n) is 0.807. The van der Waals surface area contributed by atoms with E-state index in [2.05, 4.69) is 5.92 Å². The Bertz CT molecular complexity index is 208. The molecule has 1 aliphatic heterocycles. The summed E-state index contributed by atoms with van der Waals surface area (Å²) in [7, 11) is 1.48. The van der Waals surface area contributed by atoms with Crippen LogP contribution in [0.5, 0.6) is 0 Å². The van der Waals surface area contributed by atoms with E-state index < -0.39 is 6.57 Å². The predicted molar refractivity (Wildman–Crippen MR) is 44.3 cm³/mol. The van der Waals surface area contributed by atoms with Gasteiger partial charge in [0.05, 0.1) is 0 Å². The van der Waals surface area contributed by atoms with Gasteiger partial charge in [-0.05, 0) is 0 Å². The summed E-state index contributed by atoms with van der Waals surface area (Å²) in [6.45, 7) is -2.35. The minimum Gasteiger partial charge on any atom is -0.324 e. The Balaban J connectivity index is 2.60. The van der Waals surface area contributed by atoms with E-state index >= 15 is 0 Å². The van der Waals surface area contributed by atoms with Crippen LogP contribution in [0.15, 0.2) is 0 Å². The molecule has 4 heteroatoms. The zero-order valence-electron chi connectivity index (χ0n) is 5.74. The Morgan fingerprint density at radius 1 is 1.90 bits per heavy atom. The maximum atomic E-state index is 11.4. The van der Waals surface area contributed by atoms with Crippen molar-refractivity contribution < 1.29 is 9.09 Å². The lowest BCUT2D eigenvalue weighted by molar-refractivity contribution is 0.409. The average molecular weight is 176 g/mol. The molecule has 0 aromatic carbocycles. The standard InChI is InChI=1S/C6H9O2PS/c1-3-6-4-9(7,8-2)10-5-6/h1,6H,4-5H2,2H3.